The summed E-state index contributed by atoms with van der Waals surface area (Å²) in [6.07, 6.45) is -1.85. The lowest BCUT2D eigenvalue weighted by atomic mass is 9.90. The van der Waals surface area contributed by atoms with Gasteiger partial charge >= 0.3 is 12.1 Å². The summed E-state index contributed by atoms with van der Waals surface area (Å²) in [7, 11) is -1.86. The quantitative estimate of drug-likeness (QED) is 0.187. The van der Waals surface area contributed by atoms with Crippen LogP contribution in [-0.4, -0.2) is 66.4 Å². The third-order valence-corrected chi connectivity index (χ3v) is 17.9. The number of carbonyl (C=O) groups excluding carboxylic acids is 3. The molecule has 2 amide bonds. The predicted octanol–water partition coefficient (Wildman–Crippen LogP) is 7.32. The molecule has 0 unspecified atom stereocenters. The molecule has 1 aromatic carbocycles. The minimum absolute atomic E-state index is 0.0278. The molecule has 0 saturated carbocycles. The highest BCUT2D eigenvalue weighted by Gasteiger charge is 2.48. The van der Waals surface area contributed by atoms with E-state index >= 15 is 0 Å². The molecular formula is C31H53NO8Si2. The largest absolute Gasteiger partial charge is 0.541 e. The summed E-state index contributed by atoms with van der Waals surface area (Å²) in [6.45, 7) is 25.3. The molecular weight excluding hydrogens is 571 g/mol. The van der Waals surface area contributed by atoms with Crippen molar-refractivity contribution >= 4 is 34.6 Å². The van der Waals surface area contributed by atoms with Gasteiger partial charge in [0.05, 0.1) is 38.7 Å². The molecule has 1 heterocycles. The van der Waals surface area contributed by atoms with E-state index in [2.05, 4.69) is 67.7 Å². The van der Waals surface area contributed by atoms with Crippen molar-refractivity contribution < 1.29 is 37.4 Å². The maximum atomic E-state index is 14.3. The molecule has 1 fully saturated rings. The summed E-state index contributed by atoms with van der Waals surface area (Å²) in [5, 5.41) is -0.230. The second kappa shape index (κ2) is 13.1. The van der Waals surface area contributed by atoms with Gasteiger partial charge in [0.25, 0.3) is 8.32 Å². The highest BCUT2D eigenvalue weighted by molar-refractivity contribution is 6.75. The van der Waals surface area contributed by atoms with Crippen molar-refractivity contribution in [3.05, 3.63) is 23.8 Å². The van der Waals surface area contributed by atoms with E-state index in [1.165, 1.54) is 7.11 Å². The van der Waals surface area contributed by atoms with Crippen LogP contribution in [0, 0.1) is 11.8 Å². The minimum atomic E-state index is -2.52. The number of nitrogens with zero attached hydrogens (tertiary/aromatic N) is 1. The molecule has 1 aromatic rings. The topological polar surface area (TPSA) is 101 Å². The first-order chi connectivity index (χ1) is 19.1. The Hall–Kier alpha value is -2.38. The van der Waals surface area contributed by atoms with Gasteiger partial charge < -0.3 is 23.1 Å². The number of cyclic esters (lactones) is 1. The number of hydrogen-bond acceptors (Lipinski definition) is 8. The summed E-state index contributed by atoms with van der Waals surface area (Å²) in [4.78, 5) is 41.1. The Morgan fingerprint density at radius 2 is 1.55 bits per heavy atom. The zero-order chi connectivity index (χ0) is 32.4. The van der Waals surface area contributed by atoms with E-state index in [-0.39, 0.29) is 29.0 Å². The van der Waals surface area contributed by atoms with Gasteiger partial charge in [-0.3, -0.25) is 9.59 Å². The van der Waals surface area contributed by atoms with Crippen LogP contribution in [0.25, 0.3) is 0 Å². The second-order valence-electron chi connectivity index (χ2n) is 14.6. The average molecular weight is 624 g/mol. The Kier molecular flexibility index (Phi) is 11.2. The number of methoxy groups -OCH3 is 2. The first-order valence-electron chi connectivity index (χ1n) is 14.7. The zero-order valence-electron chi connectivity index (χ0n) is 28.2. The van der Waals surface area contributed by atoms with E-state index in [1.807, 2.05) is 32.0 Å². The summed E-state index contributed by atoms with van der Waals surface area (Å²) in [5.41, 5.74) is 0.648. The monoisotopic (exact) mass is 623 g/mol. The van der Waals surface area contributed by atoms with Gasteiger partial charge in [-0.05, 0) is 59.9 Å². The molecule has 0 N–H and O–H groups in total. The smallest absolute Gasteiger partial charge is 0.416 e. The van der Waals surface area contributed by atoms with Crippen molar-refractivity contribution in [3.63, 3.8) is 0 Å². The average Bonchev–Trinajstić information content (AvgIpc) is 3.25. The van der Waals surface area contributed by atoms with Gasteiger partial charge in [0.2, 0.25) is 5.91 Å². The molecule has 0 spiro atoms. The molecule has 9 nitrogen and oxygen atoms in total. The first kappa shape index (κ1) is 35.8. The molecule has 11 heteroatoms. The van der Waals surface area contributed by atoms with Crippen molar-refractivity contribution in [1.82, 2.24) is 4.90 Å². The van der Waals surface area contributed by atoms with E-state index in [9.17, 15) is 14.4 Å². The van der Waals surface area contributed by atoms with Gasteiger partial charge in [-0.15, -0.1) is 0 Å². The molecule has 2 rings (SSSR count). The molecule has 1 saturated heterocycles. The minimum Gasteiger partial charge on any atom is -0.541 e. The Labute approximate surface area is 254 Å². The lowest BCUT2D eigenvalue weighted by molar-refractivity contribution is -0.149. The Morgan fingerprint density at radius 1 is 0.976 bits per heavy atom. The van der Waals surface area contributed by atoms with Gasteiger partial charge in [0, 0.05) is 0 Å². The summed E-state index contributed by atoms with van der Waals surface area (Å²) < 4.78 is 29.6. The van der Waals surface area contributed by atoms with Gasteiger partial charge in [0.1, 0.15) is 12.4 Å². The third-order valence-electron chi connectivity index (χ3n) is 9.13. The van der Waals surface area contributed by atoms with Gasteiger partial charge in [-0.1, -0.05) is 61.5 Å². The molecule has 1 aliphatic rings. The number of carbonyl (C=O) groups is 3. The van der Waals surface area contributed by atoms with Crippen molar-refractivity contribution in [2.24, 2.45) is 11.8 Å². The number of rotatable bonds is 11. The fourth-order valence-corrected chi connectivity index (χ4v) is 6.51. The van der Waals surface area contributed by atoms with Crippen LogP contribution in [0.2, 0.25) is 36.3 Å². The van der Waals surface area contributed by atoms with Crippen LogP contribution in [0.5, 0.6) is 11.5 Å². The zero-order valence-corrected chi connectivity index (χ0v) is 30.2. The van der Waals surface area contributed by atoms with Crippen LogP contribution in [0.15, 0.2) is 18.2 Å². The summed E-state index contributed by atoms with van der Waals surface area (Å²) >= 11 is 0. The molecule has 238 valence electrons. The highest BCUT2D eigenvalue weighted by atomic mass is 28.4. The van der Waals surface area contributed by atoms with Crippen molar-refractivity contribution in [1.29, 1.82) is 0 Å². The molecule has 42 heavy (non-hydrogen) atoms. The van der Waals surface area contributed by atoms with Crippen LogP contribution >= 0.6 is 0 Å². The van der Waals surface area contributed by atoms with Crippen molar-refractivity contribution in [2.75, 3.05) is 20.8 Å². The Balaban J connectivity index is 2.74. The first-order valence-corrected chi connectivity index (χ1v) is 20.5. The van der Waals surface area contributed by atoms with Crippen LogP contribution in [-0.2, 0) is 23.5 Å². The standard InChI is InChI=1S/C31H53NO8Si2/c1-20(2)23-19-38-29(35)32(23)28(34)22(18-26(33)37-10)27(40-42(13,14)31(6,7)8)21-15-16-24(25(17-21)36-9)39-41(11,12)30(3,4)5/h15-17,20,22-23,27H,18-19H2,1-14H3/t22-,23+,27+/m0/s1. The lowest BCUT2D eigenvalue weighted by Crippen LogP contribution is -2.49. The summed E-state index contributed by atoms with van der Waals surface area (Å²) in [6, 6.07) is 5.08. The second-order valence-corrected chi connectivity index (χ2v) is 24.0. The van der Waals surface area contributed by atoms with E-state index < -0.39 is 52.7 Å². The normalized spacial score (nSPS) is 18.0. The van der Waals surface area contributed by atoms with Crippen LogP contribution in [0.1, 0.15) is 73.5 Å². The van der Waals surface area contributed by atoms with E-state index in [0.717, 1.165) is 4.90 Å². The van der Waals surface area contributed by atoms with E-state index in [4.69, 9.17) is 23.1 Å². The van der Waals surface area contributed by atoms with Crippen molar-refractivity contribution in [2.45, 2.75) is 110 Å². The van der Waals surface area contributed by atoms with Gasteiger partial charge in [-0.25, -0.2) is 9.69 Å². The lowest BCUT2D eigenvalue weighted by Gasteiger charge is -2.42. The highest BCUT2D eigenvalue weighted by Crippen LogP contribution is 2.46. The maximum absolute atomic E-state index is 14.3. The Morgan fingerprint density at radius 3 is 2.02 bits per heavy atom. The molecule has 0 bridgehead atoms. The Bertz CT molecular complexity index is 1140. The molecule has 3 atom stereocenters. The van der Waals surface area contributed by atoms with Crippen LogP contribution in [0.3, 0.4) is 0 Å². The van der Waals surface area contributed by atoms with Crippen LogP contribution in [0.4, 0.5) is 4.79 Å². The third kappa shape index (κ3) is 7.96. The SMILES string of the molecule is COC(=O)C[C@H](C(=O)N1C(=O)OC[C@@H]1C(C)C)[C@H](O[Si](C)(C)C(C)(C)C)c1ccc(O[Si](C)(C)C(C)(C)C)c(OC)c1. The molecule has 0 aliphatic carbocycles. The van der Waals surface area contributed by atoms with Crippen molar-refractivity contribution in [3.8, 4) is 11.5 Å². The fourth-order valence-electron chi connectivity index (χ4n) is 4.20. The molecule has 0 radical (unpaired) electrons. The predicted molar refractivity (Wildman–Crippen MR) is 169 cm³/mol. The summed E-state index contributed by atoms with van der Waals surface area (Å²) in [5.74, 6) is -1.06. The fraction of sp³-hybridized carbons (Fsp3) is 0.710. The number of amides is 2. The van der Waals surface area contributed by atoms with Gasteiger partial charge in [-0.2, -0.15) is 0 Å². The number of hydrogen-bond donors (Lipinski definition) is 0. The number of benzene rings is 1. The van der Waals surface area contributed by atoms with Gasteiger partial charge in [0.15, 0.2) is 14.1 Å². The van der Waals surface area contributed by atoms with Crippen LogP contribution < -0.4 is 9.16 Å². The number of ether oxygens (including phenoxy) is 3. The van der Waals surface area contributed by atoms with E-state index in [1.54, 1.807) is 7.11 Å². The number of esters is 1. The molecule has 0 aromatic heterocycles. The maximum Gasteiger partial charge on any atom is 0.416 e. The number of imide groups is 1. The van der Waals surface area contributed by atoms with E-state index in [0.29, 0.717) is 17.1 Å². The molecule has 1 aliphatic heterocycles.